The first-order chi connectivity index (χ1) is 14.6. The number of rotatable bonds is 5. The van der Waals surface area contributed by atoms with Crippen LogP contribution < -0.4 is 16.4 Å². The van der Waals surface area contributed by atoms with Crippen molar-refractivity contribution >= 4 is 22.6 Å². The van der Waals surface area contributed by atoms with Crippen molar-refractivity contribution in [3.05, 3.63) is 70.6 Å². The second-order valence-electron chi connectivity index (χ2n) is 7.64. The summed E-state index contributed by atoms with van der Waals surface area (Å²) in [5, 5.41) is 5.12. The number of hydrogen-bond acceptors (Lipinski definition) is 4. The molecule has 1 aliphatic rings. The number of aromatic nitrogens is 2. The Morgan fingerprint density at radius 1 is 0.933 bits per heavy atom. The van der Waals surface area contributed by atoms with Crippen molar-refractivity contribution in [3.8, 4) is 5.69 Å². The standard InChI is InChI=1S/C23H24N4O3/c28-20(15-14-16-8-4-5-9-16)24-25-22(29)21-18-12-6-7-13-19(18)23(30)27(26-21)17-10-2-1-3-11-17/h1-3,6-7,10-13,16H,4-5,8-9,14-15H2,(H,24,28)(H,25,29). The molecular formula is C23H24N4O3. The molecule has 30 heavy (non-hydrogen) atoms. The Balaban J connectivity index is 1.55. The van der Waals surface area contributed by atoms with E-state index >= 15 is 0 Å². The van der Waals surface area contributed by atoms with Crippen molar-refractivity contribution in [1.29, 1.82) is 0 Å². The molecule has 0 radical (unpaired) electrons. The second-order valence-corrected chi connectivity index (χ2v) is 7.64. The summed E-state index contributed by atoms with van der Waals surface area (Å²) in [6, 6.07) is 15.7. The molecule has 7 nitrogen and oxygen atoms in total. The first-order valence-corrected chi connectivity index (χ1v) is 10.3. The molecule has 1 heterocycles. The number of fused-ring (bicyclic) bond motifs is 1. The summed E-state index contributed by atoms with van der Waals surface area (Å²) in [6.07, 6.45) is 6.04. The van der Waals surface area contributed by atoms with Crippen LogP contribution in [0.15, 0.2) is 59.4 Å². The molecule has 4 rings (SSSR count). The number of nitrogens with zero attached hydrogens (tertiary/aromatic N) is 2. The third-order valence-corrected chi connectivity index (χ3v) is 5.59. The van der Waals surface area contributed by atoms with Gasteiger partial charge < -0.3 is 0 Å². The van der Waals surface area contributed by atoms with Gasteiger partial charge in [0, 0.05) is 11.8 Å². The van der Waals surface area contributed by atoms with Gasteiger partial charge in [-0.15, -0.1) is 0 Å². The van der Waals surface area contributed by atoms with Crippen molar-refractivity contribution in [1.82, 2.24) is 20.6 Å². The maximum Gasteiger partial charge on any atom is 0.290 e. The lowest BCUT2D eigenvalue weighted by atomic mass is 10.0. The normalized spacial score (nSPS) is 14.0. The smallest absolute Gasteiger partial charge is 0.273 e. The van der Waals surface area contributed by atoms with Gasteiger partial charge in [-0.05, 0) is 30.5 Å². The lowest BCUT2D eigenvalue weighted by molar-refractivity contribution is -0.122. The van der Waals surface area contributed by atoms with Crippen LogP contribution in [0.25, 0.3) is 16.5 Å². The Morgan fingerprint density at radius 2 is 1.60 bits per heavy atom. The fraction of sp³-hybridized carbons (Fsp3) is 0.304. The summed E-state index contributed by atoms with van der Waals surface area (Å²) in [6.45, 7) is 0. The molecule has 0 unspecified atom stereocenters. The van der Waals surface area contributed by atoms with Crippen molar-refractivity contribution in [2.24, 2.45) is 5.92 Å². The maximum atomic E-state index is 12.9. The van der Waals surface area contributed by atoms with Gasteiger partial charge in [0.2, 0.25) is 5.91 Å². The molecule has 1 aliphatic carbocycles. The van der Waals surface area contributed by atoms with Gasteiger partial charge in [-0.1, -0.05) is 62.1 Å². The van der Waals surface area contributed by atoms with Gasteiger partial charge >= 0.3 is 0 Å². The highest BCUT2D eigenvalue weighted by atomic mass is 16.2. The van der Waals surface area contributed by atoms with E-state index in [2.05, 4.69) is 16.0 Å². The zero-order valence-electron chi connectivity index (χ0n) is 16.6. The summed E-state index contributed by atoms with van der Waals surface area (Å²) >= 11 is 0. The summed E-state index contributed by atoms with van der Waals surface area (Å²) in [5.41, 5.74) is 5.25. The van der Waals surface area contributed by atoms with Gasteiger partial charge in [0.25, 0.3) is 11.5 Å². The molecule has 3 aromatic rings. The van der Waals surface area contributed by atoms with E-state index in [1.807, 2.05) is 6.07 Å². The van der Waals surface area contributed by atoms with Gasteiger partial charge in [-0.2, -0.15) is 9.78 Å². The Bertz CT molecular complexity index is 1120. The molecule has 2 N–H and O–H groups in total. The first-order valence-electron chi connectivity index (χ1n) is 10.3. The van der Waals surface area contributed by atoms with Crippen LogP contribution in [0, 0.1) is 5.92 Å². The topological polar surface area (TPSA) is 93.1 Å². The number of amides is 2. The van der Waals surface area contributed by atoms with Crippen LogP contribution in [0.3, 0.4) is 0 Å². The summed E-state index contributed by atoms with van der Waals surface area (Å²) in [4.78, 5) is 37.8. The van der Waals surface area contributed by atoms with E-state index < -0.39 is 5.91 Å². The number of benzene rings is 2. The van der Waals surface area contributed by atoms with E-state index in [9.17, 15) is 14.4 Å². The van der Waals surface area contributed by atoms with Crippen LogP contribution >= 0.6 is 0 Å². The van der Waals surface area contributed by atoms with E-state index in [4.69, 9.17) is 0 Å². The molecule has 1 aromatic heterocycles. The molecule has 1 saturated carbocycles. The SMILES string of the molecule is O=C(CCC1CCCC1)NNC(=O)c1nn(-c2ccccc2)c(=O)c2ccccc12. The number of para-hydroxylation sites is 1. The van der Waals surface area contributed by atoms with Gasteiger partial charge in [-0.25, -0.2) is 0 Å². The molecule has 0 saturated heterocycles. The molecule has 154 valence electrons. The third-order valence-electron chi connectivity index (χ3n) is 5.59. The van der Waals surface area contributed by atoms with E-state index in [1.54, 1.807) is 48.5 Å². The average Bonchev–Trinajstić information content (AvgIpc) is 3.31. The number of carbonyl (C=O) groups is 2. The minimum atomic E-state index is -0.565. The van der Waals surface area contributed by atoms with Gasteiger partial charge in [0.05, 0.1) is 11.1 Å². The number of hydrazine groups is 1. The van der Waals surface area contributed by atoms with E-state index in [0.29, 0.717) is 28.8 Å². The lowest BCUT2D eigenvalue weighted by Gasteiger charge is -2.12. The fourth-order valence-electron chi connectivity index (χ4n) is 3.98. The Kier molecular flexibility index (Phi) is 5.88. The minimum Gasteiger partial charge on any atom is -0.273 e. The molecule has 0 bridgehead atoms. The predicted octanol–water partition coefficient (Wildman–Crippen LogP) is 3.12. The number of hydrogen-bond donors (Lipinski definition) is 2. The first kappa shape index (κ1) is 19.8. The highest BCUT2D eigenvalue weighted by Crippen LogP contribution is 2.28. The Morgan fingerprint density at radius 3 is 2.33 bits per heavy atom. The zero-order valence-corrected chi connectivity index (χ0v) is 16.6. The molecule has 1 fully saturated rings. The highest BCUT2D eigenvalue weighted by molar-refractivity contribution is 6.05. The van der Waals surface area contributed by atoms with Crippen molar-refractivity contribution in [2.75, 3.05) is 0 Å². The Hall–Kier alpha value is -3.48. The van der Waals surface area contributed by atoms with Crippen molar-refractivity contribution in [2.45, 2.75) is 38.5 Å². The van der Waals surface area contributed by atoms with Crippen LogP contribution in [0.2, 0.25) is 0 Å². The van der Waals surface area contributed by atoms with Crippen LogP contribution in [-0.2, 0) is 4.79 Å². The predicted molar refractivity (Wildman–Crippen MR) is 114 cm³/mol. The van der Waals surface area contributed by atoms with E-state index in [1.165, 1.54) is 30.4 Å². The van der Waals surface area contributed by atoms with Crippen molar-refractivity contribution in [3.63, 3.8) is 0 Å². The molecule has 7 heteroatoms. The van der Waals surface area contributed by atoms with Crippen LogP contribution in [0.1, 0.15) is 49.0 Å². The fourth-order valence-corrected chi connectivity index (χ4v) is 3.98. The monoisotopic (exact) mass is 404 g/mol. The minimum absolute atomic E-state index is 0.0742. The van der Waals surface area contributed by atoms with E-state index in [0.717, 1.165) is 6.42 Å². The maximum absolute atomic E-state index is 12.9. The molecule has 2 amide bonds. The molecule has 2 aromatic carbocycles. The van der Waals surface area contributed by atoms with E-state index in [-0.39, 0.29) is 17.2 Å². The lowest BCUT2D eigenvalue weighted by Crippen LogP contribution is -2.42. The Labute approximate surface area is 174 Å². The summed E-state index contributed by atoms with van der Waals surface area (Å²) < 4.78 is 1.21. The largest absolute Gasteiger partial charge is 0.290 e. The third kappa shape index (κ3) is 4.25. The van der Waals surface area contributed by atoms with Gasteiger partial charge in [-0.3, -0.25) is 25.2 Å². The molecule has 0 aliphatic heterocycles. The molecule has 0 spiro atoms. The number of nitrogens with one attached hydrogen (secondary N) is 2. The van der Waals surface area contributed by atoms with Crippen LogP contribution in [-0.4, -0.2) is 21.6 Å². The molecular weight excluding hydrogens is 380 g/mol. The zero-order chi connectivity index (χ0) is 20.9. The summed E-state index contributed by atoms with van der Waals surface area (Å²) in [7, 11) is 0. The number of carbonyl (C=O) groups excluding carboxylic acids is 2. The highest BCUT2D eigenvalue weighted by Gasteiger charge is 2.19. The summed E-state index contributed by atoms with van der Waals surface area (Å²) in [5.74, 6) is -0.187. The quantitative estimate of drug-likeness (QED) is 0.639. The van der Waals surface area contributed by atoms with Crippen LogP contribution in [0.4, 0.5) is 0 Å². The second kappa shape index (κ2) is 8.90. The van der Waals surface area contributed by atoms with Gasteiger partial charge in [0.1, 0.15) is 0 Å². The molecule has 0 atom stereocenters. The average molecular weight is 404 g/mol. The van der Waals surface area contributed by atoms with Crippen LogP contribution in [0.5, 0.6) is 0 Å². The van der Waals surface area contributed by atoms with Crippen molar-refractivity contribution < 1.29 is 9.59 Å². The van der Waals surface area contributed by atoms with Gasteiger partial charge in [0.15, 0.2) is 5.69 Å².